The van der Waals surface area contributed by atoms with Gasteiger partial charge in [-0.15, -0.1) is 10.2 Å². The van der Waals surface area contributed by atoms with Crippen LogP contribution in [-0.4, -0.2) is 14.6 Å². The van der Waals surface area contributed by atoms with E-state index in [1.165, 1.54) is 19.3 Å². The van der Waals surface area contributed by atoms with Crippen molar-refractivity contribution in [3.8, 4) is 0 Å². The maximum Gasteiger partial charge on any atom is 0.161 e. The predicted octanol–water partition coefficient (Wildman–Crippen LogP) is 2.76. The average Bonchev–Trinajstić information content (AvgIpc) is 2.47. The third kappa shape index (κ3) is 1.10. The number of rotatable bonds is 1. The van der Waals surface area contributed by atoms with E-state index in [2.05, 4.69) is 30.5 Å². The second-order valence-corrected chi connectivity index (χ2v) is 4.54. The maximum absolute atomic E-state index is 4.26. The van der Waals surface area contributed by atoms with Crippen LogP contribution in [0.5, 0.6) is 0 Å². The van der Waals surface area contributed by atoms with Crippen LogP contribution >= 0.6 is 15.9 Å². The van der Waals surface area contributed by atoms with Gasteiger partial charge < -0.3 is 0 Å². The minimum absolute atomic E-state index is 0.615. The van der Waals surface area contributed by atoms with E-state index in [0.29, 0.717) is 5.92 Å². The van der Waals surface area contributed by atoms with E-state index in [1.807, 2.05) is 18.2 Å². The van der Waals surface area contributed by atoms with Gasteiger partial charge in [-0.05, 0) is 40.9 Å². The van der Waals surface area contributed by atoms with Gasteiger partial charge in [-0.3, -0.25) is 4.40 Å². The van der Waals surface area contributed by atoms with E-state index in [9.17, 15) is 0 Å². The molecule has 0 N–H and O–H groups in total. The van der Waals surface area contributed by atoms with E-state index < -0.39 is 0 Å². The molecule has 4 heteroatoms. The van der Waals surface area contributed by atoms with Crippen LogP contribution in [0.15, 0.2) is 22.8 Å². The minimum Gasteiger partial charge on any atom is -0.273 e. The Labute approximate surface area is 90.3 Å². The molecule has 0 saturated heterocycles. The molecule has 0 amide bonds. The molecule has 2 heterocycles. The molecule has 3 rings (SSSR count). The van der Waals surface area contributed by atoms with Gasteiger partial charge in [-0.2, -0.15) is 0 Å². The van der Waals surface area contributed by atoms with Gasteiger partial charge in [0.15, 0.2) is 5.65 Å². The molecule has 0 aliphatic heterocycles. The van der Waals surface area contributed by atoms with Gasteiger partial charge >= 0.3 is 0 Å². The summed E-state index contributed by atoms with van der Waals surface area (Å²) in [6.45, 7) is 0. The summed E-state index contributed by atoms with van der Waals surface area (Å²) < 4.78 is 3.14. The zero-order chi connectivity index (χ0) is 9.54. The number of nitrogens with zero attached hydrogens (tertiary/aromatic N) is 3. The van der Waals surface area contributed by atoms with Crippen molar-refractivity contribution in [1.29, 1.82) is 0 Å². The highest BCUT2D eigenvalue weighted by Crippen LogP contribution is 2.36. The quantitative estimate of drug-likeness (QED) is 0.730. The van der Waals surface area contributed by atoms with Crippen LogP contribution < -0.4 is 0 Å². The Morgan fingerprint density at radius 2 is 2.14 bits per heavy atom. The van der Waals surface area contributed by atoms with Gasteiger partial charge in [0.2, 0.25) is 0 Å². The van der Waals surface area contributed by atoms with E-state index in [1.54, 1.807) is 0 Å². The Balaban J connectivity index is 2.23. The van der Waals surface area contributed by atoms with Crippen LogP contribution in [-0.2, 0) is 0 Å². The van der Waals surface area contributed by atoms with Gasteiger partial charge in [0.1, 0.15) is 5.82 Å². The van der Waals surface area contributed by atoms with Crippen LogP contribution in [0.2, 0.25) is 0 Å². The summed E-state index contributed by atoms with van der Waals surface area (Å²) in [5.41, 5.74) is 0.932. The molecule has 0 unspecified atom stereocenters. The van der Waals surface area contributed by atoms with E-state index in [-0.39, 0.29) is 0 Å². The zero-order valence-corrected chi connectivity index (χ0v) is 9.24. The number of fused-ring (bicyclic) bond motifs is 1. The molecular formula is C10H10BrN3. The Kier molecular flexibility index (Phi) is 1.83. The first-order valence-electron chi connectivity index (χ1n) is 4.86. The molecule has 0 spiro atoms. The van der Waals surface area contributed by atoms with Gasteiger partial charge in [-0.25, -0.2) is 0 Å². The molecular weight excluding hydrogens is 242 g/mol. The lowest BCUT2D eigenvalue weighted by Crippen LogP contribution is -2.12. The molecule has 2 aromatic heterocycles. The zero-order valence-electron chi connectivity index (χ0n) is 7.65. The number of pyridine rings is 1. The topological polar surface area (TPSA) is 30.2 Å². The summed E-state index contributed by atoms with van der Waals surface area (Å²) in [5, 5.41) is 8.43. The molecule has 1 saturated carbocycles. The summed E-state index contributed by atoms with van der Waals surface area (Å²) >= 11 is 3.53. The summed E-state index contributed by atoms with van der Waals surface area (Å²) in [5.74, 6) is 1.72. The first-order chi connectivity index (χ1) is 6.86. The third-order valence-electron chi connectivity index (χ3n) is 2.88. The van der Waals surface area contributed by atoms with Crippen molar-refractivity contribution in [2.24, 2.45) is 0 Å². The second kappa shape index (κ2) is 3.05. The lowest BCUT2D eigenvalue weighted by atomic mass is 9.85. The first kappa shape index (κ1) is 8.41. The Morgan fingerprint density at radius 3 is 2.86 bits per heavy atom. The van der Waals surface area contributed by atoms with Crippen LogP contribution in [0.3, 0.4) is 0 Å². The normalized spacial score (nSPS) is 17.2. The summed E-state index contributed by atoms with van der Waals surface area (Å²) in [6.07, 6.45) is 3.83. The maximum atomic E-state index is 4.26. The number of hydrogen-bond acceptors (Lipinski definition) is 2. The van der Waals surface area contributed by atoms with Crippen molar-refractivity contribution in [3.63, 3.8) is 0 Å². The van der Waals surface area contributed by atoms with Gasteiger partial charge in [-0.1, -0.05) is 12.5 Å². The van der Waals surface area contributed by atoms with Crippen LogP contribution in [0, 0.1) is 0 Å². The van der Waals surface area contributed by atoms with Crippen molar-refractivity contribution in [2.75, 3.05) is 0 Å². The van der Waals surface area contributed by atoms with Crippen LogP contribution in [0.25, 0.3) is 5.65 Å². The Hall–Kier alpha value is -0.900. The smallest absolute Gasteiger partial charge is 0.161 e. The highest BCUT2D eigenvalue weighted by molar-refractivity contribution is 9.10. The third-order valence-corrected chi connectivity index (χ3v) is 3.50. The Bertz CT molecular complexity index is 473. The molecule has 14 heavy (non-hydrogen) atoms. The lowest BCUT2D eigenvalue weighted by molar-refractivity contribution is 0.398. The van der Waals surface area contributed by atoms with E-state index in [0.717, 1.165) is 16.1 Å². The molecule has 0 atom stereocenters. The SMILES string of the molecule is Brc1cccc2nnc(C3CCC3)n12. The standard InChI is InChI=1S/C10H10BrN3/c11-8-5-2-6-9-12-13-10(14(8)9)7-3-1-4-7/h2,5-7H,1,3-4H2. The first-order valence-corrected chi connectivity index (χ1v) is 5.65. The van der Waals surface area contributed by atoms with E-state index in [4.69, 9.17) is 0 Å². The van der Waals surface area contributed by atoms with Crippen molar-refractivity contribution in [3.05, 3.63) is 28.6 Å². The van der Waals surface area contributed by atoms with Crippen LogP contribution in [0.1, 0.15) is 31.0 Å². The highest BCUT2D eigenvalue weighted by atomic mass is 79.9. The molecule has 1 fully saturated rings. The summed E-state index contributed by atoms with van der Waals surface area (Å²) in [6, 6.07) is 6.00. The second-order valence-electron chi connectivity index (χ2n) is 3.73. The fourth-order valence-electron chi connectivity index (χ4n) is 1.85. The highest BCUT2D eigenvalue weighted by Gasteiger charge is 2.24. The number of halogens is 1. The number of hydrogen-bond donors (Lipinski definition) is 0. The molecule has 1 aliphatic carbocycles. The predicted molar refractivity (Wildman–Crippen MR) is 57.3 cm³/mol. The molecule has 2 aromatic rings. The molecule has 0 bridgehead atoms. The minimum atomic E-state index is 0.615. The molecule has 3 nitrogen and oxygen atoms in total. The summed E-state index contributed by atoms with van der Waals surface area (Å²) in [7, 11) is 0. The Morgan fingerprint density at radius 1 is 1.29 bits per heavy atom. The van der Waals surface area contributed by atoms with Crippen molar-refractivity contribution in [2.45, 2.75) is 25.2 Å². The van der Waals surface area contributed by atoms with Crippen molar-refractivity contribution < 1.29 is 0 Å². The number of aromatic nitrogens is 3. The average molecular weight is 252 g/mol. The van der Waals surface area contributed by atoms with Crippen molar-refractivity contribution in [1.82, 2.24) is 14.6 Å². The van der Waals surface area contributed by atoms with Gasteiger partial charge in [0, 0.05) is 5.92 Å². The molecule has 72 valence electrons. The largest absolute Gasteiger partial charge is 0.273 e. The van der Waals surface area contributed by atoms with E-state index >= 15 is 0 Å². The molecule has 1 aliphatic rings. The van der Waals surface area contributed by atoms with Crippen molar-refractivity contribution >= 4 is 21.6 Å². The molecule has 0 radical (unpaired) electrons. The fraction of sp³-hybridized carbons (Fsp3) is 0.400. The van der Waals surface area contributed by atoms with Gasteiger partial charge in [0.05, 0.1) is 4.60 Å². The monoisotopic (exact) mass is 251 g/mol. The fourth-order valence-corrected chi connectivity index (χ4v) is 2.37. The lowest BCUT2D eigenvalue weighted by Gasteiger charge is -2.23. The van der Waals surface area contributed by atoms with Crippen LogP contribution in [0.4, 0.5) is 0 Å². The summed E-state index contributed by atoms with van der Waals surface area (Å²) in [4.78, 5) is 0. The molecule has 0 aromatic carbocycles. The van der Waals surface area contributed by atoms with Gasteiger partial charge in [0.25, 0.3) is 0 Å².